The second-order valence-corrected chi connectivity index (χ2v) is 8.07. The Labute approximate surface area is 165 Å². The molecule has 1 aliphatic rings. The predicted molar refractivity (Wildman–Crippen MR) is 105 cm³/mol. The molecule has 2 amide bonds. The molecule has 1 fully saturated rings. The minimum absolute atomic E-state index is 0.0721. The van der Waals surface area contributed by atoms with E-state index in [1.165, 1.54) is 6.92 Å². The van der Waals surface area contributed by atoms with Gasteiger partial charge in [-0.3, -0.25) is 19.2 Å². The third-order valence-electron chi connectivity index (χ3n) is 4.68. The highest BCUT2D eigenvalue weighted by Gasteiger charge is 2.33. The maximum Gasteiger partial charge on any atom is 0.309 e. The fourth-order valence-electron chi connectivity index (χ4n) is 3.13. The van der Waals surface area contributed by atoms with E-state index in [0.29, 0.717) is 37.2 Å². The molecule has 152 valence electrons. The van der Waals surface area contributed by atoms with Gasteiger partial charge in [0.25, 0.3) is 5.91 Å². The fraction of sp³-hybridized carbons (Fsp3) is 0.524. The molecule has 0 bridgehead atoms. The maximum atomic E-state index is 12.3. The van der Waals surface area contributed by atoms with Crippen LogP contribution in [-0.4, -0.2) is 48.2 Å². The topological polar surface area (TPSA) is 92.8 Å². The lowest BCUT2D eigenvalue weighted by molar-refractivity contribution is -0.155. The number of esters is 1. The summed E-state index contributed by atoms with van der Waals surface area (Å²) in [5, 5.41) is 2.60. The standard InChI is InChI=1S/C21H28N2O5/c1-14(24)16-7-5-6-8-17(16)22-18(25)13-28-19(26)15-9-11-23(12-10-15)20(27)21(2,3)4/h5-8,15H,9-13H2,1-4H3,(H,22,25). The van der Waals surface area contributed by atoms with Crippen molar-refractivity contribution >= 4 is 29.3 Å². The molecule has 1 heterocycles. The molecule has 1 aromatic rings. The second-order valence-electron chi connectivity index (χ2n) is 8.07. The molecule has 1 aromatic carbocycles. The zero-order valence-corrected chi connectivity index (χ0v) is 16.9. The number of ether oxygens (including phenoxy) is 1. The minimum Gasteiger partial charge on any atom is -0.455 e. The third-order valence-corrected chi connectivity index (χ3v) is 4.68. The summed E-state index contributed by atoms with van der Waals surface area (Å²) in [6, 6.07) is 6.67. The Morgan fingerprint density at radius 2 is 1.71 bits per heavy atom. The van der Waals surface area contributed by atoms with Crippen LogP contribution in [0.4, 0.5) is 5.69 Å². The summed E-state index contributed by atoms with van der Waals surface area (Å²) in [7, 11) is 0. The van der Waals surface area contributed by atoms with Crippen LogP contribution in [0.3, 0.4) is 0 Å². The predicted octanol–water partition coefficient (Wildman–Crippen LogP) is 2.66. The van der Waals surface area contributed by atoms with E-state index in [0.717, 1.165) is 0 Å². The van der Waals surface area contributed by atoms with Gasteiger partial charge in [0.2, 0.25) is 5.91 Å². The molecular formula is C21H28N2O5. The molecule has 1 N–H and O–H groups in total. The normalized spacial score (nSPS) is 15.1. The number of nitrogens with zero attached hydrogens (tertiary/aromatic N) is 1. The van der Waals surface area contributed by atoms with Crippen molar-refractivity contribution in [1.29, 1.82) is 0 Å². The third kappa shape index (κ3) is 5.65. The van der Waals surface area contributed by atoms with Crippen LogP contribution in [0.15, 0.2) is 24.3 Å². The molecule has 0 saturated carbocycles. The van der Waals surface area contributed by atoms with Gasteiger partial charge in [-0.15, -0.1) is 0 Å². The van der Waals surface area contributed by atoms with Crippen LogP contribution in [0.5, 0.6) is 0 Å². The van der Waals surface area contributed by atoms with Gasteiger partial charge < -0.3 is 15.0 Å². The summed E-state index contributed by atoms with van der Waals surface area (Å²) in [4.78, 5) is 50.0. The summed E-state index contributed by atoms with van der Waals surface area (Å²) < 4.78 is 5.14. The molecule has 0 atom stereocenters. The minimum atomic E-state index is -0.498. The van der Waals surface area contributed by atoms with E-state index in [9.17, 15) is 19.2 Å². The lowest BCUT2D eigenvalue weighted by Gasteiger charge is -2.34. The van der Waals surface area contributed by atoms with Crippen LogP contribution in [0.2, 0.25) is 0 Å². The molecule has 1 aliphatic heterocycles. The average molecular weight is 388 g/mol. The summed E-state index contributed by atoms with van der Waals surface area (Å²) in [5.74, 6) is -1.34. The zero-order valence-electron chi connectivity index (χ0n) is 16.9. The molecule has 7 heteroatoms. The van der Waals surface area contributed by atoms with Crippen molar-refractivity contribution in [3.8, 4) is 0 Å². The first-order valence-corrected chi connectivity index (χ1v) is 9.45. The van der Waals surface area contributed by atoms with Crippen molar-refractivity contribution in [3.63, 3.8) is 0 Å². The number of hydrogen-bond acceptors (Lipinski definition) is 5. The van der Waals surface area contributed by atoms with E-state index < -0.39 is 23.9 Å². The highest BCUT2D eigenvalue weighted by Crippen LogP contribution is 2.24. The number of nitrogens with one attached hydrogen (secondary N) is 1. The number of anilines is 1. The molecule has 0 aliphatic carbocycles. The molecule has 28 heavy (non-hydrogen) atoms. The molecule has 0 unspecified atom stereocenters. The highest BCUT2D eigenvalue weighted by molar-refractivity contribution is 6.04. The number of amides is 2. The number of carbonyl (C=O) groups is 4. The molecular weight excluding hydrogens is 360 g/mol. The summed E-state index contributed by atoms with van der Waals surface area (Å²) in [6.07, 6.45) is 1.05. The van der Waals surface area contributed by atoms with Gasteiger partial charge >= 0.3 is 5.97 Å². The first kappa shape index (κ1) is 21.6. The Hall–Kier alpha value is -2.70. The van der Waals surface area contributed by atoms with E-state index >= 15 is 0 Å². The Morgan fingerprint density at radius 1 is 1.11 bits per heavy atom. The van der Waals surface area contributed by atoms with Gasteiger partial charge in [0.05, 0.1) is 11.6 Å². The van der Waals surface area contributed by atoms with E-state index in [1.807, 2.05) is 20.8 Å². The van der Waals surface area contributed by atoms with Crippen molar-refractivity contribution in [2.75, 3.05) is 25.0 Å². The number of carbonyl (C=O) groups excluding carboxylic acids is 4. The smallest absolute Gasteiger partial charge is 0.309 e. The molecule has 0 spiro atoms. The van der Waals surface area contributed by atoms with Crippen LogP contribution >= 0.6 is 0 Å². The SMILES string of the molecule is CC(=O)c1ccccc1NC(=O)COC(=O)C1CCN(C(=O)C(C)(C)C)CC1. The van der Waals surface area contributed by atoms with Crippen molar-refractivity contribution in [1.82, 2.24) is 4.90 Å². The van der Waals surface area contributed by atoms with Gasteiger partial charge in [0, 0.05) is 24.1 Å². The number of benzene rings is 1. The molecule has 1 saturated heterocycles. The molecule has 0 radical (unpaired) electrons. The van der Waals surface area contributed by atoms with Gasteiger partial charge in [-0.2, -0.15) is 0 Å². The quantitative estimate of drug-likeness (QED) is 0.618. The van der Waals surface area contributed by atoms with Crippen molar-refractivity contribution in [3.05, 3.63) is 29.8 Å². The number of ketones is 1. The van der Waals surface area contributed by atoms with Gasteiger partial charge in [-0.25, -0.2) is 0 Å². The number of para-hydroxylation sites is 1. The van der Waals surface area contributed by atoms with E-state index in [2.05, 4.69) is 5.32 Å². The monoisotopic (exact) mass is 388 g/mol. The average Bonchev–Trinajstić information content (AvgIpc) is 2.65. The number of Topliss-reactive ketones (excluding diaryl/α,β-unsaturated/α-hetero) is 1. The van der Waals surface area contributed by atoms with Crippen LogP contribution in [0, 0.1) is 11.3 Å². The summed E-state index contributed by atoms with van der Waals surface area (Å²) >= 11 is 0. The number of rotatable bonds is 5. The molecule has 7 nitrogen and oxygen atoms in total. The Morgan fingerprint density at radius 3 is 2.29 bits per heavy atom. The molecule has 2 rings (SSSR count). The summed E-state index contributed by atoms with van der Waals surface area (Å²) in [6.45, 7) is 7.64. The highest BCUT2D eigenvalue weighted by atomic mass is 16.5. The van der Waals surface area contributed by atoms with Crippen molar-refractivity contribution in [2.45, 2.75) is 40.5 Å². The first-order valence-electron chi connectivity index (χ1n) is 9.45. The molecule has 0 aromatic heterocycles. The van der Waals surface area contributed by atoms with Crippen LogP contribution < -0.4 is 5.32 Å². The number of likely N-dealkylation sites (tertiary alicyclic amines) is 1. The Kier molecular flexibility index (Phi) is 6.94. The maximum absolute atomic E-state index is 12.3. The van der Waals surface area contributed by atoms with Crippen molar-refractivity contribution < 1.29 is 23.9 Å². The zero-order chi connectivity index (χ0) is 20.9. The van der Waals surface area contributed by atoms with Crippen LogP contribution in [-0.2, 0) is 19.1 Å². The number of hydrogen-bond donors (Lipinski definition) is 1. The van der Waals surface area contributed by atoms with E-state index in [-0.39, 0.29) is 17.6 Å². The Bertz CT molecular complexity index is 758. The summed E-state index contributed by atoms with van der Waals surface area (Å²) in [5.41, 5.74) is 0.352. The first-order chi connectivity index (χ1) is 13.1. The van der Waals surface area contributed by atoms with Gasteiger partial charge in [-0.05, 0) is 31.9 Å². The fourth-order valence-corrected chi connectivity index (χ4v) is 3.13. The second kappa shape index (κ2) is 8.99. The Balaban J connectivity index is 1.81. The lowest BCUT2D eigenvalue weighted by atomic mass is 9.91. The lowest BCUT2D eigenvalue weighted by Crippen LogP contribution is -2.45. The van der Waals surface area contributed by atoms with Crippen LogP contribution in [0.25, 0.3) is 0 Å². The number of piperidine rings is 1. The van der Waals surface area contributed by atoms with Gasteiger partial charge in [-0.1, -0.05) is 32.9 Å². The van der Waals surface area contributed by atoms with Crippen molar-refractivity contribution in [2.24, 2.45) is 11.3 Å². The van der Waals surface area contributed by atoms with Gasteiger partial charge in [0.15, 0.2) is 12.4 Å². The van der Waals surface area contributed by atoms with Gasteiger partial charge in [0.1, 0.15) is 0 Å². The largest absolute Gasteiger partial charge is 0.455 e. The van der Waals surface area contributed by atoms with E-state index in [1.54, 1.807) is 29.2 Å². The van der Waals surface area contributed by atoms with Crippen LogP contribution in [0.1, 0.15) is 50.9 Å². The van der Waals surface area contributed by atoms with E-state index in [4.69, 9.17) is 4.74 Å².